The number of hydrogen-bond acceptors (Lipinski definition) is 5. The maximum absolute atomic E-state index is 12.3. The predicted octanol–water partition coefficient (Wildman–Crippen LogP) is 2.55. The van der Waals surface area contributed by atoms with E-state index in [1.807, 2.05) is 6.07 Å². The van der Waals surface area contributed by atoms with Gasteiger partial charge in [0.15, 0.2) is 5.78 Å². The fourth-order valence-corrected chi connectivity index (χ4v) is 2.42. The van der Waals surface area contributed by atoms with Crippen LogP contribution in [0.5, 0.6) is 5.75 Å². The highest BCUT2D eigenvalue weighted by Crippen LogP contribution is 2.18. The third kappa shape index (κ3) is 5.98. The first kappa shape index (κ1) is 20.7. The molecule has 0 aromatic heterocycles. The molecule has 0 heterocycles. The lowest BCUT2D eigenvalue weighted by Crippen LogP contribution is -2.31. The number of para-hydroxylation sites is 2. The Morgan fingerprint density at radius 1 is 0.964 bits per heavy atom. The van der Waals surface area contributed by atoms with Crippen molar-refractivity contribution in [1.82, 2.24) is 5.32 Å². The number of carbonyl (C=O) groups is 3. The molecule has 2 aromatic carbocycles. The van der Waals surface area contributed by atoms with Gasteiger partial charge in [-0.2, -0.15) is 0 Å². The fraction of sp³-hybridized carbons (Fsp3) is 0.190. The molecule has 2 amide bonds. The quantitative estimate of drug-likeness (QED) is 0.301. The summed E-state index contributed by atoms with van der Waals surface area (Å²) in [7, 11) is 2.86. The molecule has 0 spiro atoms. The van der Waals surface area contributed by atoms with E-state index < -0.39 is 11.8 Å². The van der Waals surface area contributed by atoms with Gasteiger partial charge in [0.25, 0.3) is 5.91 Å². The molecule has 2 aromatic rings. The number of methoxy groups -OCH3 is 2. The molecule has 0 radical (unpaired) electrons. The average molecular weight is 382 g/mol. The molecule has 146 valence electrons. The summed E-state index contributed by atoms with van der Waals surface area (Å²) in [5, 5.41) is 5.27. The molecule has 28 heavy (non-hydrogen) atoms. The number of hydrogen-bond donors (Lipinski definition) is 2. The first-order valence-corrected chi connectivity index (χ1v) is 8.56. The van der Waals surface area contributed by atoms with Crippen LogP contribution in [-0.2, 0) is 14.3 Å². The molecule has 0 unspecified atom stereocenters. The molecule has 2 N–H and O–H groups in total. The van der Waals surface area contributed by atoms with Crippen LogP contribution in [0.25, 0.3) is 0 Å². The summed E-state index contributed by atoms with van der Waals surface area (Å²) in [6.07, 6.45) is 0.890. The normalized spacial score (nSPS) is 10.7. The predicted molar refractivity (Wildman–Crippen MR) is 105 cm³/mol. The van der Waals surface area contributed by atoms with E-state index in [9.17, 15) is 14.4 Å². The molecule has 0 saturated heterocycles. The van der Waals surface area contributed by atoms with Crippen molar-refractivity contribution in [3.8, 4) is 5.75 Å². The van der Waals surface area contributed by atoms with Gasteiger partial charge >= 0.3 is 0 Å². The highest BCUT2D eigenvalue weighted by Gasteiger charge is 2.17. The summed E-state index contributed by atoms with van der Waals surface area (Å²) in [6.45, 7) is -0.0788. The number of rotatable bonds is 9. The molecule has 0 atom stereocenters. The maximum atomic E-state index is 12.3. The summed E-state index contributed by atoms with van der Waals surface area (Å²) in [6, 6.07) is 15.6. The average Bonchev–Trinajstić information content (AvgIpc) is 2.71. The lowest BCUT2D eigenvalue weighted by Gasteiger charge is -2.11. The van der Waals surface area contributed by atoms with Gasteiger partial charge in [-0.25, -0.2) is 0 Å². The Hall–Kier alpha value is -3.61. The molecule has 0 bridgehead atoms. The highest BCUT2D eigenvalue weighted by molar-refractivity contribution is 6.09. The Bertz CT molecular complexity index is 862. The minimum atomic E-state index is -0.509. The Balaban J connectivity index is 1.94. The molecule has 0 aliphatic carbocycles. The number of ketones is 1. The topological polar surface area (TPSA) is 93.7 Å². The minimum absolute atomic E-state index is 0.0788. The molecule has 0 aliphatic rings. The molecule has 0 saturated carbocycles. The van der Waals surface area contributed by atoms with E-state index in [4.69, 9.17) is 9.47 Å². The van der Waals surface area contributed by atoms with Gasteiger partial charge in [0.1, 0.15) is 5.75 Å². The van der Waals surface area contributed by atoms with E-state index in [0.29, 0.717) is 17.0 Å². The smallest absolute Gasteiger partial charge is 0.256 e. The summed E-state index contributed by atoms with van der Waals surface area (Å²) in [4.78, 5) is 36.8. The van der Waals surface area contributed by atoms with Crippen molar-refractivity contribution in [1.29, 1.82) is 0 Å². The van der Waals surface area contributed by atoms with Crippen molar-refractivity contribution in [2.75, 3.05) is 26.1 Å². The van der Waals surface area contributed by atoms with Gasteiger partial charge in [0.05, 0.1) is 44.6 Å². The highest BCUT2D eigenvalue weighted by atomic mass is 16.5. The first-order chi connectivity index (χ1) is 13.5. The Morgan fingerprint density at radius 3 is 2.32 bits per heavy atom. The van der Waals surface area contributed by atoms with Crippen LogP contribution >= 0.6 is 0 Å². The van der Waals surface area contributed by atoms with Gasteiger partial charge in [0.2, 0.25) is 5.91 Å². The third-order valence-corrected chi connectivity index (χ3v) is 3.79. The zero-order valence-corrected chi connectivity index (χ0v) is 15.7. The maximum Gasteiger partial charge on any atom is 0.256 e. The zero-order chi connectivity index (χ0) is 20.4. The number of ether oxygens (including phenoxy) is 2. The largest absolute Gasteiger partial charge is 0.504 e. The molecule has 7 nitrogen and oxygen atoms in total. The fourth-order valence-electron chi connectivity index (χ4n) is 2.42. The Kier molecular flexibility index (Phi) is 7.77. The molecule has 7 heteroatoms. The van der Waals surface area contributed by atoms with Crippen LogP contribution in [0.3, 0.4) is 0 Å². The Morgan fingerprint density at radius 2 is 1.64 bits per heavy atom. The minimum Gasteiger partial charge on any atom is -0.504 e. The summed E-state index contributed by atoms with van der Waals surface area (Å²) in [5.74, 6) is -0.890. The van der Waals surface area contributed by atoms with Crippen LogP contribution in [0.4, 0.5) is 5.69 Å². The third-order valence-electron chi connectivity index (χ3n) is 3.79. The van der Waals surface area contributed by atoms with Crippen LogP contribution in [0.1, 0.15) is 16.8 Å². The van der Waals surface area contributed by atoms with Gasteiger partial charge in [0, 0.05) is 5.69 Å². The molecule has 0 aliphatic heterocycles. The van der Waals surface area contributed by atoms with Gasteiger partial charge in [-0.1, -0.05) is 30.3 Å². The summed E-state index contributed by atoms with van der Waals surface area (Å²) < 4.78 is 10.1. The second kappa shape index (κ2) is 10.5. The first-order valence-electron chi connectivity index (χ1n) is 8.56. The lowest BCUT2D eigenvalue weighted by atomic mass is 10.1. The van der Waals surface area contributed by atoms with E-state index >= 15 is 0 Å². The van der Waals surface area contributed by atoms with Crippen molar-refractivity contribution < 1.29 is 23.9 Å². The van der Waals surface area contributed by atoms with Crippen molar-refractivity contribution in [2.24, 2.45) is 0 Å². The van der Waals surface area contributed by atoms with Crippen molar-refractivity contribution >= 4 is 23.3 Å². The number of nitrogens with one attached hydrogen (secondary N) is 2. The van der Waals surface area contributed by atoms with E-state index in [-0.39, 0.29) is 24.3 Å². The number of carbonyl (C=O) groups excluding carboxylic acids is 3. The standard InChI is InChI=1S/C21H22N2O5/c1-27-14-15(21(26)23-16-8-4-3-5-9-16)13-22-20(25)12-18(24)17-10-6-7-11-19(17)28-2/h3-11,14H,12-13H2,1-2H3,(H,22,25)(H,23,26)/b15-14+. The second-order valence-corrected chi connectivity index (χ2v) is 5.78. The summed E-state index contributed by atoms with van der Waals surface area (Å²) in [5.41, 5.74) is 1.16. The number of Topliss-reactive ketones (excluding diaryl/α,β-unsaturated/α-hetero) is 1. The van der Waals surface area contributed by atoms with Crippen molar-refractivity contribution in [3.63, 3.8) is 0 Å². The van der Waals surface area contributed by atoms with E-state index in [0.717, 1.165) is 0 Å². The molecule has 0 fully saturated rings. The van der Waals surface area contributed by atoms with Crippen LogP contribution < -0.4 is 15.4 Å². The lowest BCUT2D eigenvalue weighted by molar-refractivity contribution is -0.120. The van der Waals surface area contributed by atoms with Gasteiger partial charge in [-0.15, -0.1) is 0 Å². The SMILES string of the molecule is CO/C=C(\CNC(=O)CC(=O)c1ccccc1OC)C(=O)Nc1ccccc1. The van der Waals surface area contributed by atoms with Crippen LogP contribution in [0.2, 0.25) is 0 Å². The van der Waals surface area contributed by atoms with Crippen LogP contribution in [0, 0.1) is 0 Å². The van der Waals surface area contributed by atoms with E-state index in [1.165, 1.54) is 20.5 Å². The van der Waals surface area contributed by atoms with Crippen LogP contribution in [-0.4, -0.2) is 38.4 Å². The monoisotopic (exact) mass is 382 g/mol. The molecular weight excluding hydrogens is 360 g/mol. The molecule has 2 rings (SSSR count). The molecular formula is C21H22N2O5. The Labute approximate surface area is 163 Å². The van der Waals surface area contributed by atoms with Gasteiger partial charge in [-0.05, 0) is 24.3 Å². The summed E-state index contributed by atoms with van der Waals surface area (Å²) >= 11 is 0. The van der Waals surface area contributed by atoms with E-state index in [1.54, 1.807) is 48.5 Å². The number of benzene rings is 2. The van der Waals surface area contributed by atoms with Crippen molar-refractivity contribution in [2.45, 2.75) is 6.42 Å². The van der Waals surface area contributed by atoms with Gasteiger partial charge < -0.3 is 20.1 Å². The number of amides is 2. The van der Waals surface area contributed by atoms with E-state index in [2.05, 4.69) is 10.6 Å². The zero-order valence-electron chi connectivity index (χ0n) is 15.7. The van der Waals surface area contributed by atoms with Gasteiger partial charge in [-0.3, -0.25) is 14.4 Å². The second-order valence-electron chi connectivity index (χ2n) is 5.78. The van der Waals surface area contributed by atoms with Crippen LogP contribution in [0.15, 0.2) is 66.4 Å². The van der Waals surface area contributed by atoms with Crippen molar-refractivity contribution in [3.05, 3.63) is 72.0 Å². The number of anilines is 1.